The number of fused-ring (bicyclic) bond motifs is 2. The Morgan fingerprint density at radius 3 is 2.25 bits per heavy atom. The van der Waals surface area contributed by atoms with Gasteiger partial charge in [0, 0.05) is 23.3 Å². The number of nitrogens with zero attached hydrogens (tertiary/aromatic N) is 5. The maximum atomic E-state index is 12.9. The van der Waals surface area contributed by atoms with Crippen LogP contribution in [0.2, 0.25) is 0 Å². The Morgan fingerprint density at radius 1 is 0.944 bits per heavy atom. The summed E-state index contributed by atoms with van der Waals surface area (Å²) in [6, 6.07) is 23.7. The molecule has 3 aromatic carbocycles. The van der Waals surface area contributed by atoms with Gasteiger partial charge in [-0.05, 0) is 49.4 Å². The van der Waals surface area contributed by atoms with Crippen molar-refractivity contribution in [2.24, 2.45) is 10.2 Å². The average Bonchev–Trinajstić information content (AvgIpc) is 3.31. The van der Waals surface area contributed by atoms with Crippen molar-refractivity contribution in [1.82, 2.24) is 0 Å². The number of nitro benzene ring substituents is 1. The third-order valence-electron chi connectivity index (χ3n) is 5.90. The summed E-state index contributed by atoms with van der Waals surface area (Å²) in [7, 11) is 0. The molecule has 0 fully saturated rings. The van der Waals surface area contributed by atoms with E-state index in [1.54, 1.807) is 24.1 Å². The largest absolute Gasteiger partial charge is 0.461 e. The Balaban J connectivity index is 1.77. The molecular formula is C26H23N5O4S. The van der Waals surface area contributed by atoms with E-state index in [0.29, 0.717) is 12.1 Å². The van der Waals surface area contributed by atoms with Gasteiger partial charge in [-0.1, -0.05) is 49.4 Å². The molecular weight excluding hydrogens is 478 g/mol. The van der Waals surface area contributed by atoms with E-state index < -0.39 is 15.9 Å². The SMILES string of the molecule is CCOC(=O)C1=NN(c2ccc([N+](=O)[O-])cc2)[C@]2(S1)c1ccccc1C(CC)=NN2c1ccccc1. The van der Waals surface area contributed by atoms with Gasteiger partial charge in [0.2, 0.25) is 10.0 Å². The summed E-state index contributed by atoms with van der Waals surface area (Å²) in [5.41, 5.74) is 4.08. The van der Waals surface area contributed by atoms with Crippen LogP contribution in [-0.4, -0.2) is 28.3 Å². The number of ether oxygens (including phenoxy) is 1. The first-order chi connectivity index (χ1) is 17.5. The lowest BCUT2D eigenvalue weighted by Crippen LogP contribution is -2.54. The zero-order valence-electron chi connectivity index (χ0n) is 19.7. The molecule has 0 radical (unpaired) electrons. The fourth-order valence-corrected chi connectivity index (χ4v) is 5.61. The summed E-state index contributed by atoms with van der Waals surface area (Å²) in [6.45, 7) is 4.00. The summed E-state index contributed by atoms with van der Waals surface area (Å²) in [5.74, 6) is -0.540. The van der Waals surface area contributed by atoms with Crippen molar-refractivity contribution in [1.29, 1.82) is 0 Å². The molecule has 1 atom stereocenters. The monoisotopic (exact) mass is 501 g/mol. The van der Waals surface area contributed by atoms with Crippen molar-refractivity contribution in [3.05, 3.63) is 100 Å². The fourth-order valence-electron chi connectivity index (χ4n) is 4.32. The summed E-state index contributed by atoms with van der Waals surface area (Å²) in [4.78, 5) is 22.6. The number of hydrogen-bond donors (Lipinski definition) is 0. The topological polar surface area (TPSA) is 101 Å². The number of esters is 1. The first kappa shape index (κ1) is 23.6. The highest BCUT2D eigenvalue weighted by Gasteiger charge is 2.56. The number of hydrogen-bond acceptors (Lipinski definition) is 9. The molecule has 0 amide bonds. The number of rotatable bonds is 6. The van der Waals surface area contributed by atoms with Crippen LogP contribution in [0.25, 0.3) is 0 Å². The van der Waals surface area contributed by atoms with Crippen molar-refractivity contribution < 1.29 is 14.5 Å². The molecule has 10 heteroatoms. The van der Waals surface area contributed by atoms with Gasteiger partial charge in [0.15, 0.2) is 0 Å². The van der Waals surface area contributed by atoms with Crippen LogP contribution in [0.4, 0.5) is 17.1 Å². The molecule has 36 heavy (non-hydrogen) atoms. The summed E-state index contributed by atoms with van der Waals surface area (Å²) >= 11 is 1.24. The molecule has 0 saturated heterocycles. The number of anilines is 2. The number of thioether (sulfide) groups is 1. The molecule has 0 bridgehead atoms. The van der Waals surface area contributed by atoms with Gasteiger partial charge in [-0.25, -0.2) is 14.8 Å². The number of hydrazone groups is 2. The van der Waals surface area contributed by atoms with E-state index in [9.17, 15) is 14.9 Å². The molecule has 0 saturated carbocycles. The molecule has 2 aliphatic rings. The zero-order valence-corrected chi connectivity index (χ0v) is 20.5. The van der Waals surface area contributed by atoms with Crippen LogP contribution in [0.5, 0.6) is 0 Å². The highest BCUT2D eigenvalue weighted by molar-refractivity contribution is 8.16. The van der Waals surface area contributed by atoms with Crippen LogP contribution in [0.3, 0.4) is 0 Å². The van der Waals surface area contributed by atoms with Crippen molar-refractivity contribution in [3.63, 3.8) is 0 Å². The van der Waals surface area contributed by atoms with Crippen LogP contribution in [0.1, 0.15) is 31.4 Å². The molecule has 3 aromatic rings. The van der Waals surface area contributed by atoms with Gasteiger partial charge in [-0.15, -0.1) is 0 Å². The lowest BCUT2D eigenvalue weighted by molar-refractivity contribution is -0.384. The molecule has 0 N–H and O–H groups in total. The van der Waals surface area contributed by atoms with E-state index in [2.05, 4.69) is 0 Å². The van der Waals surface area contributed by atoms with Gasteiger partial charge < -0.3 is 4.74 Å². The first-order valence-electron chi connectivity index (χ1n) is 11.5. The van der Waals surface area contributed by atoms with Gasteiger partial charge in [0.25, 0.3) is 5.69 Å². The molecule has 0 aliphatic carbocycles. The normalized spacial score (nSPS) is 18.5. The second-order valence-electron chi connectivity index (χ2n) is 8.01. The van der Waals surface area contributed by atoms with E-state index in [1.807, 2.05) is 66.5 Å². The van der Waals surface area contributed by atoms with E-state index in [0.717, 1.165) is 22.5 Å². The van der Waals surface area contributed by atoms with Gasteiger partial charge in [-0.3, -0.25) is 10.1 Å². The summed E-state index contributed by atoms with van der Waals surface area (Å²) in [6.07, 6.45) is 0.699. The summed E-state index contributed by atoms with van der Waals surface area (Å²) < 4.78 is 5.30. The number of benzene rings is 3. The van der Waals surface area contributed by atoms with Crippen LogP contribution in [0.15, 0.2) is 89.1 Å². The summed E-state index contributed by atoms with van der Waals surface area (Å²) in [5, 5.41) is 24.8. The minimum atomic E-state index is -1.12. The lowest BCUT2D eigenvalue weighted by atomic mass is 9.96. The second-order valence-corrected chi connectivity index (χ2v) is 9.17. The van der Waals surface area contributed by atoms with Crippen LogP contribution < -0.4 is 10.0 Å². The number of non-ortho nitro benzene ring substituents is 1. The molecule has 2 aliphatic heterocycles. The zero-order chi connectivity index (χ0) is 25.3. The maximum Gasteiger partial charge on any atom is 0.365 e. The number of carbonyl (C=O) groups excluding carboxylic acids is 1. The quantitative estimate of drug-likeness (QED) is 0.251. The Labute approximate surface area is 212 Å². The van der Waals surface area contributed by atoms with E-state index >= 15 is 0 Å². The maximum absolute atomic E-state index is 12.9. The first-order valence-corrected chi connectivity index (χ1v) is 12.3. The smallest absolute Gasteiger partial charge is 0.365 e. The average molecular weight is 502 g/mol. The Hall–Kier alpha value is -4.18. The van der Waals surface area contributed by atoms with Crippen molar-refractivity contribution in [2.45, 2.75) is 25.3 Å². The van der Waals surface area contributed by atoms with Gasteiger partial charge in [-0.2, -0.15) is 10.2 Å². The molecule has 0 unspecified atom stereocenters. The van der Waals surface area contributed by atoms with Crippen molar-refractivity contribution in [2.75, 3.05) is 16.6 Å². The predicted molar refractivity (Wildman–Crippen MR) is 141 cm³/mol. The molecule has 9 nitrogen and oxygen atoms in total. The third-order valence-corrected chi connectivity index (χ3v) is 7.20. The Kier molecular flexibility index (Phi) is 6.19. The van der Waals surface area contributed by atoms with E-state index in [1.165, 1.54) is 23.9 Å². The number of nitro groups is 1. The molecule has 2 heterocycles. The highest BCUT2D eigenvalue weighted by Crippen LogP contribution is 2.54. The van der Waals surface area contributed by atoms with Gasteiger partial charge in [0.05, 0.1) is 28.6 Å². The third kappa shape index (κ3) is 3.79. The number of para-hydroxylation sites is 1. The molecule has 182 valence electrons. The fraction of sp³-hybridized carbons (Fsp3) is 0.192. The van der Waals surface area contributed by atoms with Gasteiger partial charge >= 0.3 is 5.97 Å². The highest BCUT2D eigenvalue weighted by atomic mass is 32.2. The van der Waals surface area contributed by atoms with Crippen LogP contribution in [0, 0.1) is 10.1 Å². The Morgan fingerprint density at radius 2 is 1.58 bits per heavy atom. The minimum Gasteiger partial charge on any atom is -0.461 e. The molecule has 1 spiro atoms. The van der Waals surface area contributed by atoms with E-state index in [4.69, 9.17) is 14.9 Å². The van der Waals surface area contributed by atoms with Crippen LogP contribution >= 0.6 is 11.8 Å². The molecule has 5 rings (SSSR count). The predicted octanol–water partition coefficient (Wildman–Crippen LogP) is 5.47. The lowest BCUT2D eigenvalue weighted by Gasteiger charge is -2.47. The second kappa shape index (κ2) is 9.46. The minimum absolute atomic E-state index is 0.0375. The standard InChI is InChI=1S/C26H23N5O4S/c1-3-23-21-12-8-9-13-22(21)26(29(27-23)18-10-6-5-7-11-18)30(28-24(36-26)25(32)35-4-2)19-14-16-20(17-15-19)31(33)34/h5-17H,3-4H2,1-2H3/t26-/m0/s1. The van der Waals surface area contributed by atoms with Crippen molar-refractivity contribution >= 4 is 45.5 Å². The van der Waals surface area contributed by atoms with E-state index in [-0.39, 0.29) is 17.3 Å². The molecule has 0 aromatic heterocycles. The van der Waals surface area contributed by atoms with Crippen LogP contribution in [-0.2, 0) is 14.5 Å². The Bertz CT molecular complexity index is 1380. The van der Waals surface area contributed by atoms with Crippen molar-refractivity contribution in [3.8, 4) is 0 Å². The van der Waals surface area contributed by atoms with Gasteiger partial charge in [0.1, 0.15) is 0 Å². The number of carbonyl (C=O) groups is 1.